The zero-order valence-electron chi connectivity index (χ0n) is 16.8. The van der Waals surface area contributed by atoms with Crippen molar-refractivity contribution in [3.8, 4) is 0 Å². The normalized spacial score (nSPS) is 12.6. The molecule has 0 radical (unpaired) electrons. The van der Waals surface area contributed by atoms with Crippen LogP contribution in [0.5, 0.6) is 0 Å². The Balaban J connectivity index is 2.65. The van der Waals surface area contributed by atoms with E-state index in [-0.39, 0.29) is 24.8 Å². The highest BCUT2D eigenvalue weighted by Gasteiger charge is 2.24. The molecule has 11 nitrogen and oxygen atoms in total. The summed E-state index contributed by atoms with van der Waals surface area (Å²) in [5, 5.41) is 14.8. The van der Waals surface area contributed by atoms with Crippen molar-refractivity contribution in [2.24, 2.45) is 10.7 Å². The average Bonchev–Trinajstić information content (AvgIpc) is 2.61. The van der Waals surface area contributed by atoms with Gasteiger partial charge in [0.1, 0.15) is 11.6 Å². The fourth-order valence-electron chi connectivity index (χ4n) is 2.25. The van der Waals surface area contributed by atoms with E-state index < -0.39 is 22.8 Å². The second-order valence-corrected chi connectivity index (χ2v) is 7.18. The van der Waals surface area contributed by atoms with Crippen molar-refractivity contribution < 1.29 is 19.4 Å². The third kappa shape index (κ3) is 11.2. The van der Waals surface area contributed by atoms with E-state index in [9.17, 15) is 19.7 Å². The number of nitrogens with two attached hydrogens (primary N) is 1. The minimum atomic E-state index is -0.853. The fourth-order valence-corrected chi connectivity index (χ4v) is 2.25. The molecule has 0 fully saturated rings. The van der Waals surface area contributed by atoms with Gasteiger partial charge in [-0.1, -0.05) is 35.8 Å². The van der Waals surface area contributed by atoms with Gasteiger partial charge in [-0.25, -0.2) is 19.9 Å². The summed E-state index contributed by atoms with van der Waals surface area (Å²) < 4.78 is 5.21. The van der Waals surface area contributed by atoms with E-state index in [4.69, 9.17) is 10.5 Å². The molecule has 1 unspecified atom stereocenters. The van der Waals surface area contributed by atoms with Gasteiger partial charge in [0.05, 0.1) is 0 Å². The van der Waals surface area contributed by atoms with Crippen molar-refractivity contribution in [2.45, 2.75) is 51.8 Å². The van der Waals surface area contributed by atoms with Gasteiger partial charge in [-0.15, -0.1) is 0 Å². The number of hydrogen-bond acceptors (Lipinski definition) is 6. The Morgan fingerprint density at radius 1 is 1.28 bits per heavy atom. The Labute approximate surface area is 169 Å². The number of nitrogens with one attached hydrogen (secondary N) is 3. The first-order chi connectivity index (χ1) is 13.6. The summed E-state index contributed by atoms with van der Waals surface area (Å²) >= 11 is 0. The van der Waals surface area contributed by atoms with Gasteiger partial charge in [0, 0.05) is 13.1 Å². The smallest absolute Gasteiger partial charge is 0.408 e. The molecule has 0 spiro atoms. The summed E-state index contributed by atoms with van der Waals surface area (Å²) in [6.07, 6.45) is -0.107. The number of ether oxygens (including phenoxy) is 1. The minimum Gasteiger partial charge on any atom is -0.444 e. The van der Waals surface area contributed by atoms with Crippen LogP contribution < -0.4 is 21.8 Å². The first-order valence-corrected chi connectivity index (χ1v) is 9.09. The predicted molar refractivity (Wildman–Crippen MR) is 107 cm³/mol. The van der Waals surface area contributed by atoms with Crippen molar-refractivity contribution in [2.75, 3.05) is 6.54 Å². The quantitative estimate of drug-likeness (QED) is 0.156. The van der Waals surface area contributed by atoms with Gasteiger partial charge in [0.15, 0.2) is 5.03 Å². The molecule has 1 rings (SSSR count). The molecular weight excluding hydrogens is 380 g/mol. The number of benzene rings is 1. The van der Waals surface area contributed by atoms with E-state index in [0.717, 1.165) is 5.56 Å². The molecular formula is C18H28N6O5. The van der Waals surface area contributed by atoms with Gasteiger partial charge < -0.3 is 21.1 Å². The second-order valence-electron chi connectivity index (χ2n) is 7.18. The van der Waals surface area contributed by atoms with Crippen LogP contribution in [-0.4, -0.2) is 41.2 Å². The minimum absolute atomic E-state index is 0.144. The Kier molecular flexibility index (Phi) is 9.36. The van der Waals surface area contributed by atoms with Gasteiger partial charge in [0.2, 0.25) is 5.91 Å². The molecule has 1 aromatic carbocycles. The summed E-state index contributed by atoms with van der Waals surface area (Å²) in [6, 6.07) is 8.48. The predicted octanol–water partition coefficient (Wildman–Crippen LogP) is 1.07. The van der Waals surface area contributed by atoms with Gasteiger partial charge in [-0.3, -0.25) is 4.79 Å². The van der Waals surface area contributed by atoms with E-state index in [1.54, 1.807) is 26.2 Å². The van der Waals surface area contributed by atoms with Gasteiger partial charge in [-0.05, 0) is 39.2 Å². The van der Waals surface area contributed by atoms with Crippen LogP contribution in [0.1, 0.15) is 39.2 Å². The van der Waals surface area contributed by atoms with Gasteiger partial charge in [-0.2, -0.15) is 0 Å². The second kappa shape index (κ2) is 11.5. The lowest BCUT2D eigenvalue weighted by Crippen LogP contribution is -2.48. The van der Waals surface area contributed by atoms with Crippen molar-refractivity contribution in [3.63, 3.8) is 0 Å². The average molecular weight is 408 g/mol. The zero-order chi connectivity index (χ0) is 21.9. The van der Waals surface area contributed by atoms with Crippen LogP contribution in [0.2, 0.25) is 0 Å². The molecule has 1 aromatic rings. The molecule has 0 saturated heterocycles. The summed E-state index contributed by atoms with van der Waals surface area (Å²) in [5.74, 6) is -0.708. The topological polar surface area (TPSA) is 161 Å². The molecule has 0 aliphatic rings. The SMILES string of the molecule is CC(C)(C)OC(=O)NC(CCCN=C(N)N[N+](=O)[O-])C(=O)NCc1ccccc1. The largest absolute Gasteiger partial charge is 0.444 e. The Hall–Kier alpha value is -3.37. The summed E-state index contributed by atoms with van der Waals surface area (Å²) in [7, 11) is 0. The maximum absolute atomic E-state index is 12.5. The standard InChI is InChI=1S/C18H28N6O5/c1-18(2,3)29-17(26)22-14(10-7-11-20-16(19)23-24(27)28)15(25)21-12-13-8-5-4-6-9-13/h4-6,8-9,14H,7,10-12H2,1-3H3,(H,21,25)(H,22,26)(H3,19,20,23). The summed E-state index contributed by atoms with van der Waals surface area (Å²) in [6.45, 7) is 5.61. The Bertz CT molecular complexity index is 717. The van der Waals surface area contributed by atoms with Crippen molar-refractivity contribution in [1.29, 1.82) is 0 Å². The molecule has 0 saturated carbocycles. The lowest BCUT2D eigenvalue weighted by molar-refractivity contribution is -0.525. The molecule has 0 aromatic heterocycles. The molecule has 5 N–H and O–H groups in total. The molecule has 1 atom stereocenters. The monoisotopic (exact) mass is 408 g/mol. The van der Waals surface area contributed by atoms with Crippen molar-refractivity contribution in [1.82, 2.24) is 16.1 Å². The molecule has 29 heavy (non-hydrogen) atoms. The maximum atomic E-state index is 12.5. The number of hydrogen-bond donors (Lipinski definition) is 4. The number of aliphatic imine (C=N–C) groups is 1. The first-order valence-electron chi connectivity index (χ1n) is 9.09. The van der Waals surface area contributed by atoms with Crippen LogP contribution in [0.15, 0.2) is 35.3 Å². The van der Waals surface area contributed by atoms with Crippen LogP contribution in [0.4, 0.5) is 4.79 Å². The molecule has 2 amide bonds. The van der Waals surface area contributed by atoms with E-state index in [0.29, 0.717) is 13.0 Å². The fraction of sp³-hybridized carbons (Fsp3) is 0.500. The summed E-state index contributed by atoms with van der Waals surface area (Å²) in [5.41, 5.74) is 7.28. The highest BCUT2D eigenvalue weighted by Crippen LogP contribution is 2.08. The lowest BCUT2D eigenvalue weighted by atomic mass is 10.1. The number of nitro groups is 1. The van der Waals surface area contributed by atoms with Crippen LogP contribution in [0.25, 0.3) is 0 Å². The molecule has 0 heterocycles. The van der Waals surface area contributed by atoms with Crippen LogP contribution in [-0.2, 0) is 16.1 Å². The molecule has 0 aliphatic heterocycles. The summed E-state index contributed by atoms with van der Waals surface area (Å²) in [4.78, 5) is 38.7. The molecule has 160 valence electrons. The van der Waals surface area contributed by atoms with Gasteiger partial charge >= 0.3 is 6.09 Å². The number of guanidine groups is 1. The lowest BCUT2D eigenvalue weighted by Gasteiger charge is -2.23. The van der Waals surface area contributed by atoms with Crippen molar-refractivity contribution in [3.05, 3.63) is 46.0 Å². The van der Waals surface area contributed by atoms with Crippen LogP contribution in [0, 0.1) is 10.1 Å². The highest BCUT2D eigenvalue weighted by atomic mass is 16.7. The van der Waals surface area contributed by atoms with Crippen LogP contribution >= 0.6 is 0 Å². The Morgan fingerprint density at radius 2 is 1.93 bits per heavy atom. The van der Waals surface area contributed by atoms with E-state index in [1.807, 2.05) is 30.3 Å². The van der Waals surface area contributed by atoms with Gasteiger partial charge in [0.25, 0.3) is 5.96 Å². The Morgan fingerprint density at radius 3 is 2.52 bits per heavy atom. The third-order valence-corrected chi connectivity index (χ3v) is 3.46. The number of alkyl carbamates (subject to hydrolysis) is 1. The third-order valence-electron chi connectivity index (χ3n) is 3.46. The maximum Gasteiger partial charge on any atom is 0.408 e. The molecule has 0 aliphatic carbocycles. The van der Waals surface area contributed by atoms with E-state index >= 15 is 0 Å². The van der Waals surface area contributed by atoms with E-state index in [2.05, 4.69) is 15.6 Å². The number of carbonyl (C=O) groups excluding carboxylic acids is 2. The zero-order valence-corrected chi connectivity index (χ0v) is 16.8. The molecule has 11 heteroatoms. The molecule has 0 bridgehead atoms. The number of carbonyl (C=O) groups is 2. The first kappa shape index (κ1) is 23.7. The van der Waals surface area contributed by atoms with Crippen LogP contribution in [0.3, 0.4) is 0 Å². The number of hydrazine groups is 1. The highest BCUT2D eigenvalue weighted by molar-refractivity contribution is 5.85. The number of nitrogens with zero attached hydrogens (tertiary/aromatic N) is 2. The number of rotatable bonds is 9. The number of amides is 2. The van der Waals surface area contributed by atoms with E-state index in [1.165, 1.54) is 0 Å². The van der Waals surface area contributed by atoms with Crippen molar-refractivity contribution >= 4 is 18.0 Å².